The van der Waals surface area contributed by atoms with Crippen LogP contribution in [-0.4, -0.2) is 41.8 Å². The number of nitrogens with zero attached hydrogens (tertiary/aromatic N) is 2. The Morgan fingerprint density at radius 2 is 2.04 bits per heavy atom. The van der Waals surface area contributed by atoms with Crippen LogP contribution in [0.2, 0.25) is 10.0 Å². The molecule has 0 bridgehead atoms. The zero-order valence-electron chi connectivity index (χ0n) is 14.2. The SMILES string of the molecule is CCCC(=O)N1CCCC(C(=O)N(C)Cc2ccc(Cl)c(Cl)c2)C1. The van der Waals surface area contributed by atoms with Gasteiger partial charge in [-0.2, -0.15) is 0 Å². The van der Waals surface area contributed by atoms with Crippen molar-refractivity contribution in [2.24, 2.45) is 5.92 Å². The van der Waals surface area contributed by atoms with Crippen LogP contribution in [0.5, 0.6) is 0 Å². The lowest BCUT2D eigenvalue weighted by molar-refractivity contribution is -0.140. The molecule has 1 aliphatic rings. The lowest BCUT2D eigenvalue weighted by Gasteiger charge is -2.34. The van der Waals surface area contributed by atoms with Crippen LogP contribution in [0.15, 0.2) is 18.2 Å². The zero-order chi connectivity index (χ0) is 17.7. The lowest BCUT2D eigenvalue weighted by atomic mass is 9.96. The smallest absolute Gasteiger partial charge is 0.227 e. The second-order valence-corrected chi connectivity index (χ2v) is 7.19. The minimum atomic E-state index is -0.118. The molecule has 0 radical (unpaired) electrons. The van der Waals surface area contributed by atoms with Crippen LogP contribution in [-0.2, 0) is 16.1 Å². The first-order valence-electron chi connectivity index (χ1n) is 8.39. The zero-order valence-corrected chi connectivity index (χ0v) is 15.7. The fourth-order valence-electron chi connectivity index (χ4n) is 3.08. The highest BCUT2D eigenvalue weighted by molar-refractivity contribution is 6.42. The van der Waals surface area contributed by atoms with E-state index in [1.807, 2.05) is 17.9 Å². The average molecular weight is 371 g/mol. The Bertz CT molecular complexity index is 607. The molecule has 1 unspecified atom stereocenters. The highest BCUT2D eigenvalue weighted by atomic mass is 35.5. The Morgan fingerprint density at radius 3 is 2.71 bits per heavy atom. The third-order valence-corrected chi connectivity index (χ3v) is 5.11. The molecule has 6 heteroatoms. The van der Waals surface area contributed by atoms with E-state index in [4.69, 9.17) is 23.2 Å². The summed E-state index contributed by atoms with van der Waals surface area (Å²) in [5.41, 5.74) is 0.940. The normalized spacial score (nSPS) is 17.7. The number of halogens is 2. The number of hydrogen-bond donors (Lipinski definition) is 0. The molecule has 1 aliphatic heterocycles. The van der Waals surface area contributed by atoms with E-state index in [1.165, 1.54) is 0 Å². The molecule has 4 nitrogen and oxygen atoms in total. The van der Waals surface area contributed by atoms with E-state index in [-0.39, 0.29) is 17.7 Å². The van der Waals surface area contributed by atoms with Gasteiger partial charge in [-0.05, 0) is 37.0 Å². The summed E-state index contributed by atoms with van der Waals surface area (Å²) in [7, 11) is 1.79. The number of amides is 2. The monoisotopic (exact) mass is 370 g/mol. The first-order chi connectivity index (χ1) is 11.4. The van der Waals surface area contributed by atoms with Gasteiger partial charge in [-0.25, -0.2) is 0 Å². The van der Waals surface area contributed by atoms with Crippen molar-refractivity contribution in [1.82, 2.24) is 9.80 Å². The maximum absolute atomic E-state index is 12.7. The number of carbonyl (C=O) groups is 2. The summed E-state index contributed by atoms with van der Waals surface area (Å²) in [6.07, 6.45) is 3.11. The van der Waals surface area contributed by atoms with E-state index in [9.17, 15) is 9.59 Å². The van der Waals surface area contributed by atoms with Crippen LogP contribution in [0.4, 0.5) is 0 Å². The lowest BCUT2D eigenvalue weighted by Crippen LogP contribution is -2.45. The van der Waals surface area contributed by atoms with Crippen molar-refractivity contribution in [3.63, 3.8) is 0 Å². The molecule has 132 valence electrons. The summed E-state index contributed by atoms with van der Waals surface area (Å²) in [4.78, 5) is 28.3. The fraction of sp³-hybridized carbons (Fsp3) is 0.556. The Hall–Kier alpha value is -1.26. The molecule has 2 rings (SSSR count). The fourth-order valence-corrected chi connectivity index (χ4v) is 3.40. The number of hydrogen-bond acceptors (Lipinski definition) is 2. The van der Waals surface area contributed by atoms with Crippen LogP contribution in [0.1, 0.15) is 38.2 Å². The number of carbonyl (C=O) groups excluding carboxylic acids is 2. The van der Waals surface area contributed by atoms with Crippen molar-refractivity contribution >= 4 is 35.0 Å². The molecular weight excluding hydrogens is 347 g/mol. The predicted molar refractivity (Wildman–Crippen MR) is 97.1 cm³/mol. The maximum atomic E-state index is 12.7. The first-order valence-corrected chi connectivity index (χ1v) is 9.14. The van der Waals surface area contributed by atoms with Crippen molar-refractivity contribution in [2.45, 2.75) is 39.2 Å². The largest absolute Gasteiger partial charge is 0.342 e. The second-order valence-electron chi connectivity index (χ2n) is 6.37. The molecule has 1 saturated heterocycles. The highest BCUT2D eigenvalue weighted by Gasteiger charge is 2.29. The summed E-state index contributed by atoms with van der Waals surface area (Å²) in [5.74, 6) is 0.115. The van der Waals surface area contributed by atoms with Crippen LogP contribution < -0.4 is 0 Å². The molecule has 1 atom stereocenters. The van der Waals surface area contributed by atoms with Crippen LogP contribution in [0.25, 0.3) is 0 Å². The average Bonchev–Trinajstić information content (AvgIpc) is 2.57. The maximum Gasteiger partial charge on any atom is 0.227 e. The van der Waals surface area contributed by atoms with Gasteiger partial charge in [0.1, 0.15) is 0 Å². The molecule has 1 aromatic rings. The third-order valence-electron chi connectivity index (χ3n) is 4.37. The molecule has 0 aromatic heterocycles. The third kappa shape index (κ3) is 4.87. The number of benzene rings is 1. The van der Waals surface area contributed by atoms with Crippen LogP contribution in [0, 0.1) is 5.92 Å². The first kappa shape index (κ1) is 19.1. The predicted octanol–water partition coefficient (Wildman–Crippen LogP) is 3.99. The summed E-state index contributed by atoms with van der Waals surface area (Å²) in [5, 5.41) is 0.996. The van der Waals surface area contributed by atoms with Gasteiger partial charge in [-0.3, -0.25) is 9.59 Å². The minimum Gasteiger partial charge on any atom is -0.342 e. The van der Waals surface area contributed by atoms with E-state index in [2.05, 4.69) is 0 Å². The molecule has 0 aliphatic carbocycles. The van der Waals surface area contributed by atoms with Gasteiger partial charge in [0.25, 0.3) is 0 Å². The minimum absolute atomic E-state index is 0.0788. The Morgan fingerprint density at radius 1 is 1.29 bits per heavy atom. The van der Waals surface area contributed by atoms with Gasteiger partial charge in [0.15, 0.2) is 0 Å². The molecule has 2 amide bonds. The van der Waals surface area contributed by atoms with Gasteiger partial charge in [-0.1, -0.05) is 36.2 Å². The molecule has 0 saturated carbocycles. The van der Waals surface area contributed by atoms with Gasteiger partial charge in [-0.15, -0.1) is 0 Å². The van der Waals surface area contributed by atoms with Gasteiger partial charge >= 0.3 is 0 Å². The van der Waals surface area contributed by atoms with Crippen molar-refractivity contribution in [3.05, 3.63) is 33.8 Å². The highest BCUT2D eigenvalue weighted by Crippen LogP contribution is 2.24. The Balaban J connectivity index is 1.96. The molecule has 0 spiro atoms. The van der Waals surface area contributed by atoms with Gasteiger partial charge in [0.05, 0.1) is 16.0 Å². The summed E-state index contributed by atoms with van der Waals surface area (Å²) < 4.78 is 0. The molecule has 1 heterocycles. The van der Waals surface area contributed by atoms with Crippen LogP contribution >= 0.6 is 23.2 Å². The number of piperidine rings is 1. The van der Waals surface area contributed by atoms with Crippen LogP contribution in [0.3, 0.4) is 0 Å². The van der Waals surface area contributed by atoms with Gasteiger partial charge in [0.2, 0.25) is 11.8 Å². The Labute approximate surface area is 153 Å². The van der Waals surface area contributed by atoms with E-state index in [0.717, 1.165) is 31.4 Å². The summed E-state index contributed by atoms with van der Waals surface area (Å²) >= 11 is 12.0. The van der Waals surface area contributed by atoms with Gasteiger partial charge < -0.3 is 9.80 Å². The number of rotatable bonds is 5. The topological polar surface area (TPSA) is 40.6 Å². The molecular formula is C18H24Cl2N2O2. The van der Waals surface area contributed by atoms with Crippen molar-refractivity contribution in [2.75, 3.05) is 20.1 Å². The summed E-state index contributed by atoms with van der Waals surface area (Å²) in [6.45, 7) is 3.77. The van der Waals surface area contributed by atoms with E-state index in [0.29, 0.717) is 29.6 Å². The van der Waals surface area contributed by atoms with E-state index in [1.54, 1.807) is 24.1 Å². The quantitative estimate of drug-likeness (QED) is 0.785. The van der Waals surface area contributed by atoms with E-state index < -0.39 is 0 Å². The Kier molecular flexibility index (Phi) is 6.93. The standard InChI is InChI=1S/C18H24Cl2N2O2/c1-3-5-17(23)22-9-4-6-14(12-22)18(24)21(2)11-13-7-8-15(19)16(20)10-13/h7-8,10,14H,3-6,9,11-12H2,1-2H3. The van der Waals surface area contributed by atoms with Crippen molar-refractivity contribution in [1.29, 1.82) is 0 Å². The van der Waals surface area contributed by atoms with Crippen molar-refractivity contribution in [3.8, 4) is 0 Å². The van der Waals surface area contributed by atoms with Crippen molar-refractivity contribution < 1.29 is 9.59 Å². The number of likely N-dealkylation sites (tertiary alicyclic amines) is 1. The van der Waals surface area contributed by atoms with E-state index >= 15 is 0 Å². The van der Waals surface area contributed by atoms with Gasteiger partial charge in [0, 0.05) is 33.1 Å². The molecule has 0 N–H and O–H groups in total. The molecule has 1 fully saturated rings. The molecule has 1 aromatic carbocycles. The molecule has 24 heavy (non-hydrogen) atoms. The second kappa shape index (κ2) is 8.72. The summed E-state index contributed by atoms with van der Waals surface area (Å²) in [6, 6.07) is 5.39.